The first kappa shape index (κ1) is 15.5. The largest absolute Gasteiger partial charge is 0.375 e. The second-order valence-electron chi connectivity index (χ2n) is 5.80. The normalized spacial score (nSPS) is 24.9. The molecule has 4 nitrogen and oxygen atoms in total. The molecule has 5 heteroatoms. The lowest BCUT2D eigenvalue weighted by Gasteiger charge is -2.36. The van der Waals surface area contributed by atoms with Gasteiger partial charge in [0, 0.05) is 12.6 Å². The fraction of sp³-hybridized carbons (Fsp3) is 0.600. The first-order valence-electron chi connectivity index (χ1n) is 6.94. The molecular weight excluding hydrogens is 274 g/mol. The van der Waals surface area contributed by atoms with E-state index in [2.05, 4.69) is 0 Å². The van der Waals surface area contributed by atoms with Crippen LogP contribution < -0.4 is 0 Å². The molecule has 20 heavy (non-hydrogen) atoms. The van der Waals surface area contributed by atoms with Crippen molar-refractivity contribution >= 4 is 10.0 Å². The molecule has 1 aromatic rings. The number of morpholine rings is 1. The van der Waals surface area contributed by atoms with Crippen LogP contribution in [0.25, 0.3) is 0 Å². The van der Waals surface area contributed by atoms with Crippen molar-refractivity contribution in [1.29, 1.82) is 0 Å². The Hall–Kier alpha value is -0.910. The van der Waals surface area contributed by atoms with Gasteiger partial charge in [-0.2, -0.15) is 4.31 Å². The molecule has 0 amide bonds. The molecule has 0 bridgehead atoms. The second-order valence-corrected chi connectivity index (χ2v) is 7.62. The lowest BCUT2D eigenvalue weighted by molar-refractivity contribution is -0.0170. The molecule has 2 unspecified atom stereocenters. The maximum atomic E-state index is 13.0. The van der Waals surface area contributed by atoms with Crippen molar-refractivity contribution < 1.29 is 13.2 Å². The molecule has 0 aromatic heterocycles. The van der Waals surface area contributed by atoms with E-state index in [0.717, 1.165) is 16.7 Å². The third kappa shape index (κ3) is 2.75. The van der Waals surface area contributed by atoms with E-state index < -0.39 is 10.0 Å². The Morgan fingerprint density at radius 3 is 2.25 bits per heavy atom. The van der Waals surface area contributed by atoms with E-state index in [9.17, 15) is 8.42 Å². The van der Waals surface area contributed by atoms with Crippen LogP contribution in [0.15, 0.2) is 17.0 Å². The number of rotatable bonds is 2. The molecule has 1 aliphatic heterocycles. The molecule has 0 radical (unpaired) electrons. The molecule has 1 aromatic carbocycles. The Balaban J connectivity index is 2.50. The highest BCUT2D eigenvalue weighted by atomic mass is 32.2. The molecule has 1 fully saturated rings. The van der Waals surface area contributed by atoms with Crippen molar-refractivity contribution in [3.63, 3.8) is 0 Å². The summed E-state index contributed by atoms with van der Waals surface area (Å²) in [6.07, 6.45) is -0.0629. The van der Waals surface area contributed by atoms with Crippen molar-refractivity contribution in [2.75, 3.05) is 13.2 Å². The summed E-state index contributed by atoms with van der Waals surface area (Å²) in [4.78, 5) is 0.448. The van der Waals surface area contributed by atoms with Crippen LogP contribution in [-0.4, -0.2) is 38.0 Å². The Bertz CT molecular complexity index is 587. The highest BCUT2D eigenvalue weighted by Crippen LogP contribution is 2.28. The van der Waals surface area contributed by atoms with Gasteiger partial charge in [0.1, 0.15) is 0 Å². The first-order chi connectivity index (χ1) is 9.23. The van der Waals surface area contributed by atoms with E-state index in [4.69, 9.17) is 4.74 Å². The second kappa shape index (κ2) is 5.47. The number of ether oxygens (including phenoxy) is 1. The summed E-state index contributed by atoms with van der Waals surface area (Å²) in [5.41, 5.74) is 2.71. The molecule has 112 valence electrons. The maximum absolute atomic E-state index is 13.0. The summed E-state index contributed by atoms with van der Waals surface area (Å²) in [6.45, 7) is 10.4. The predicted octanol–water partition coefficient (Wildman–Crippen LogP) is 2.41. The minimum atomic E-state index is -3.47. The van der Waals surface area contributed by atoms with Gasteiger partial charge in [-0.25, -0.2) is 8.42 Å². The van der Waals surface area contributed by atoms with E-state index in [0.29, 0.717) is 18.0 Å². The van der Waals surface area contributed by atoms with E-state index >= 15 is 0 Å². The highest BCUT2D eigenvalue weighted by molar-refractivity contribution is 7.89. The van der Waals surface area contributed by atoms with E-state index in [-0.39, 0.29) is 12.1 Å². The zero-order chi connectivity index (χ0) is 15.1. The molecule has 1 aliphatic rings. The van der Waals surface area contributed by atoms with Crippen molar-refractivity contribution in [1.82, 2.24) is 4.31 Å². The summed E-state index contributed by atoms with van der Waals surface area (Å²) < 4.78 is 33.0. The van der Waals surface area contributed by atoms with Crippen LogP contribution in [0.3, 0.4) is 0 Å². The number of aryl methyl sites for hydroxylation is 3. The van der Waals surface area contributed by atoms with E-state index in [1.54, 1.807) is 4.31 Å². The Morgan fingerprint density at radius 2 is 1.70 bits per heavy atom. The van der Waals surface area contributed by atoms with Crippen LogP contribution >= 0.6 is 0 Å². The van der Waals surface area contributed by atoms with Crippen molar-refractivity contribution in [3.8, 4) is 0 Å². The molecule has 0 saturated carbocycles. The van der Waals surface area contributed by atoms with Gasteiger partial charge in [-0.05, 0) is 45.7 Å². The lowest BCUT2D eigenvalue weighted by atomic mass is 10.1. The summed E-state index contributed by atoms with van der Waals surface area (Å²) in [6, 6.07) is 3.72. The van der Waals surface area contributed by atoms with Gasteiger partial charge in [0.05, 0.1) is 17.6 Å². The number of hydrogen-bond donors (Lipinski definition) is 0. The minimum absolute atomic E-state index is 0.0629. The average Bonchev–Trinajstić information content (AvgIpc) is 2.30. The SMILES string of the molecule is Cc1cc(C)c(S(=O)(=O)N2CC(C)OCC2C)c(C)c1. The third-order valence-electron chi connectivity index (χ3n) is 3.72. The highest BCUT2D eigenvalue weighted by Gasteiger charge is 2.35. The number of hydrogen-bond acceptors (Lipinski definition) is 3. The van der Waals surface area contributed by atoms with Crippen LogP contribution in [0.4, 0.5) is 0 Å². The van der Waals surface area contributed by atoms with Gasteiger partial charge in [0.2, 0.25) is 10.0 Å². The van der Waals surface area contributed by atoms with Gasteiger partial charge in [0.25, 0.3) is 0 Å². The summed E-state index contributed by atoms with van der Waals surface area (Å²) >= 11 is 0. The van der Waals surface area contributed by atoms with Crippen LogP contribution in [0.5, 0.6) is 0 Å². The molecule has 1 heterocycles. The molecule has 1 saturated heterocycles. The summed E-state index contributed by atoms with van der Waals surface area (Å²) in [5, 5.41) is 0. The van der Waals surface area contributed by atoms with Gasteiger partial charge in [-0.1, -0.05) is 17.7 Å². The van der Waals surface area contributed by atoms with Gasteiger partial charge in [-0.3, -0.25) is 0 Å². The van der Waals surface area contributed by atoms with Crippen LogP contribution in [-0.2, 0) is 14.8 Å². The van der Waals surface area contributed by atoms with Gasteiger partial charge >= 0.3 is 0 Å². The third-order valence-corrected chi connectivity index (χ3v) is 6.01. The van der Waals surface area contributed by atoms with E-state index in [1.807, 2.05) is 46.8 Å². The Kier molecular flexibility index (Phi) is 4.23. The zero-order valence-corrected chi connectivity index (χ0v) is 13.6. The number of sulfonamides is 1. The average molecular weight is 297 g/mol. The maximum Gasteiger partial charge on any atom is 0.244 e. The molecule has 2 rings (SSSR count). The predicted molar refractivity (Wildman–Crippen MR) is 79.4 cm³/mol. The molecule has 2 atom stereocenters. The standard InChI is InChI=1S/C15H23NO3S/c1-10-6-11(2)15(12(3)7-10)20(17,18)16-8-14(5)19-9-13(16)4/h6-7,13-14H,8-9H2,1-5H3. The molecular formula is C15H23NO3S. The monoisotopic (exact) mass is 297 g/mol. The van der Waals surface area contributed by atoms with E-state index in [1.165, 1.54) is 0 Å². The van der Waals surface area contributed by atoms with Crippen molar-refractivity contribution in [3.05, 3.63) is 28.8 Å². The van der Waals surface area contributed by atoms with Gasteiger partial charge < -0.3 is 4.74 Å². The molecule has 0 aliphatic carbocycles. The number of nitrogens with zero attached hydrogens (tertiary/aromatic N) is 1. The summed E-state index contributed by atoms with van der Waals surface area (Å²) in [7, 11) is -3.47. The van der Waals surface area contributed by atoms with Crippen LogP contribution in [0.2, 0.25) is 0 Å². The van der Waals surface area contributed by atoms with Crippen molar-refractivity contribution in [2.24, 2.45) is 0 Å². The van der Waals surface area contributed by atoms with Gasteiger partial charge in [0.15, 0.2) is 0 Å². The zero-order valence-electron chi connectivity index (χ0n) is 12.8. The Morgan fingerprint density at radius 1 is 1.15 bits per heavy atom. The topological polar surface area (TPSA) is 46.6 Å². The quantitative estimate of drug-likeness (QED) is 0.842. The smallest absolute Gasteiger partial charge is 0.244 e. The molecule has 0 N–H and O–H groups in total. The molecule has 0 spiro atoms. The summed E-state index contributed by atoms with van der Waals surface area (Å²) in [5.74, 6) is 0. The fourth-order valence-electron chi connectivity index (χ4n) is 2.90. The Labute approximate surface area is 121 Å². The van der Waals surface area contributed by atoms with Crippen molar-refractivity contribution in [2.45, 2.75) is 51.7 Å². The fourth-order valence-corrected chi connectivity index (χ4v) is 5.01. The van der Waals surface area contributed by atoms with Crippen LogP contribution in [0.1, 0.15) is 30.5 Å². The first-order valence-corrected chi connectivity index (χ1v) is 8.38. The minimum Gasteiger partial charge on any atom is -0.375 e. The van der Waals surface area contributed by atoms with Gasteiger partial charge in [-0.15, -0.1) is 0 Å². The lowest BCUT2D eigenvalue weighted by Crippen LogP contribution is -2.50. The van der Waals surface area contributed by atoms with Crippen LogP contribution in [0, 0.1) is 20.8 Å². The number of benzene rings is 1.